The molecule has 1 saturated heterocycles. The first-order valence-corrected chi connectivity index (χ1v) is 12.2. The van der Waals surface area contributed by atoms with E-state index in [9.17, 15) is 48.7 Å². The minimum Gasteiger partial charge on any atom is -0.458 e. The van der Waals surface area contributed by atoms with Gasteiger partial charge >= 0.3 is 39.4 Å². The third-order valence-corrected chi connectivity index (χ3v) is 8.24. The molecule has 9 nitrogen and oxygen atoms in total. The molecule has 206 valence electrons. The van der Waals surface area contributed by atoms with Gasteiger partial charge in [0.15, 0.2) is 12.4 Å². The van der Waals surface area contributed by atoms with Crippen molar-refractivity contribution in [2.45, 2.75) is 61.3 Å². The van der Waals surface area contributed by atoms with Crippen molar-refractivity contribution in [3.63, 3.8) is 0 Å². The maximum Gasteiger partial charge on any atom is 0.465 e. The first-order chi connectivity index (χ1) is 16.3. The first-order valence-electron chi connectivity index (χ1n) is 10.8. The first kappa shape index (κ1) is 27.3. The molecule has 4 bridgehead atoms. The van der Waals surface area contributed by atoms with Crippen LogP contribution in [-0.2, 0) is 38.7 Å². The molecule has 1 spiro atoms. The number of carbonyl (C=O) groups excluding carboxylic acids is 2. The van der Waals surface area contributed by atoms with E-state index < -0.39 is 81.8 Å². The fourth-order valence-electron chi connectivity index (χ4n) is 5.99. The molecule has 1 N–H and O–H groups in total. The van der Waals surface area contributed by atoms with Gasteiger partial charge in [-0.05, 0) is 38.0 Å². The number of rotatable bonds is 7. The minimum atomic E-state index is -6.13. The second-order valence-corrected chi connectivity index (χ2v) is 11.3. The zero-order valence-electron chi connectivity index (χ0n) is 18.2. The van der Waals surface area contributed by atoms with E-state index in [1.165, 1.54) is 0 Å². The molecule has 17 heteroatoms. The summed E-state index contributed by atoms with van der Waals surface area (Å²) in [5.74, 6) is -12.0. The maximum absolute atomic E-state index is 13.5. The van der Waals surface area contributed by atoms with Crippen LogP contribution < -0.4 is 0 Å². The van der Waals surface area contributed by atoms with E-state index in [0.717, 1.165) is 0 Å². The summed E-state index contributed by atoms with van der Waals surface area (Å²) in [6, 6.07) is 0. The summed E-state index contributed by atoms with van der Waals surface area (Å²) in [7, 11) is -5.80. The average Bonchev–Trinajstić information content (AvgIpc) is 3.17. The highest BCUT2D eigenvalue weighted by Gasteiger charge is 2.69. The molecule has 36 heavy (non-hydrogen) atoms. The van der Waals surface area contributed by atoms with Crippen molar-refractivity contribution in [3.05, 3.63) is 0 Å². The van der Waals surface area contributed by atoms with Crippen LogP contribution in [0.5, 0.6) is 0 Å². The summed E-state index contributed by atoms with van der Waals surface area (Å²) >= 11 is 0. The summed E-state index contributed by atoms with van der Waals surface area (Å²) in [5.41, 5.74) is -1.25. The number of ether oxygens (including phenoxy) is 4. The van der Waals surface area contributed by atoms with Crippen LogP contribution in [0.1, 0.15) is 32.1 Å². The van der Waals surface area contributed by atoms with Crippen LogP contribution in [0.3, 0.4) is 0 Å². The van der Waals surface area contributed by atoms with E-state index in [4.69, 9.17) is 14.0 Å². The molecular weight excluding hydrogens is 537 g/mol. The molecule has 4 aliphatic carbocycles. The third kappa shape index (κ3) is 4.34. The average molecular weight is 558 g/mol. The molecular formula is C19H21F7O9S. The van der Waals surface area contributed by atoms with Crippen LogP contribution in [0, 0.1) is 23.2 Å². The Morgan fingerprint density at radius 2 is 1.56 bits per heavy atom. The monoisotopic (exact) mass is 558 g/mol. The van der Waals surface area contributed by atoms with Crippen LogP contribution >= 0.6 is 0 Å². The van der Waals surface area contributed by atoms with Gasteiger partial charge in [-0.15, -0.1) is 0 Å². The molecule has 5 fully saturated rings. The fraction of sp³-hybridized carbons (Fsp3) is 0.895. The van der Waals surface area contributed by atoms with Gasteiger partial charge in [0.1, 0.15) is 12.7 Å². The van der Waals surface area contributed by atoms with Crippen LogP contribution in [0.15, 0.2) is 0 Å². The highest BCUT2D eigenvalue weighted by atomic mass is 32.2. The Balaban J connectivity index is 1.40. The molecule has 1 heterocycles. The fourth-order valence-corrected chi connectivity index (χ4v) is 6.20. The topological polar surface area (TPSA) is 125 Å². The molecule has 0 amide bonds. The second kappa shape index (κ2) is 8.39. The normalized spacial score (nSPS) is 36.3. The predicted octanol–water partition coefficient (Wildman–Crippen LogP) is 2.69. The van der Waals surface area contributed by atoms with E-state index in [1.54, 1.807) is 0 Å². The van der Waals surface area contributed by atoms with Crippen molar-refractivity contribution in [3.8, 4) is 0 Å². The van der Waals surface area contributed by atoms with Gasteiger partial charge in [-0.2, -0.15) is 39.2 Å². The predicted molar refractivity (Wildman–Crippen MR) is 99.0 cm³/mol. The van der Waals surface area contributed by atoms with Gasteiger partial charge in [-0.3, -0.25) is 9.35 Å². The van der Waals surface area contributed by atoms with Gasteiger partial charge in [-0.1, -0.05) is 0 Å². The lowest BCUT2D eigenvalue weighted by molar-refractivity contribution is -0.309. The molecule has 0 aromatic rings. The Bertz CT molecular complexity index is 1010. The Morgan fingerprint density at radius 1 is 0.972 bits per heavy atom. The van der Waals surface area contributed by atoms with Crippen molar-refractivity contribution in [2.24, 2.45) is 23.2 Å². The van der Waals surface area contributed by atoms with E-state index >= 15 is 0 Å². The highest BCUT2D eigenvalue weighted by molar-refractivity contribution is 7.86. The summed E-state index contributed by atoms with van der Waals surface area (Å²) in [4.78, 5) is 24.0. The van der Waals surface area contributed by atoms with Gasteiger partial charge in [0.05, 0.1) is 12.0 Å². The molecule has 5 rings (SSSR count). The van der Waals surface area contributed by atoms with Gasteiger partial charge in [-0.25, -0.2) is 4.79 Å². The zero-order valence-corrected chi connectivity index (χ0v) is 19.0. The molecule has 0 radical (unpaired) electrons. The Labute approximate surface area is 199 Å². The van der Waals surface area contributed by atoms with Crippen molar-refractivity contribution < 1.29 is 72.2 Å². The van der Waals surface area contributed by atoms with Gasteiger partial charge in [0.2, 0.25) is 0 Å². The number of carbonyl (C=O) groups is 2. The Kier molecular flexibility index (Phi) is 6.37. The Hall–Kier alpha value is -1.72. The van der Waals surface area contributed by atoms with Gasteiger partial charge in [0.25, 0.3) is 0 Å². The standard InChI is InChI=1S/C19H21F7O9S/c20-16(21,36(29,30)31)8-33-13(27)15-3-9-1-10(4-15)17(11(2-9)5-15)34-7-12(35-17)6-32-14(28)18(22,23)19(24,25)26/h9-12H,1-8H2,(H,29,30,31). The zero-order chi connectivity index (χ0) is 26.9. The van der Waals surface area contributed by atoms with Gasteiger partial charge < -0.3 is 18.9 Å². The molecule has 4 saturated carbocycles. The van der Waals surface area contributed by atoms with Crippen molar-refractivity contribution in [1.82, 2.24) is 0 Å². The number of esters is 2. The molecule has 3 unspecified atom stereocenters. The van der Waals surface area contributed by atoms with Crippen LogP contribution in [-0.4, -0.2) is 74.0 Å². The largest absolute Gasteiger partial charge is 0.465 e. The molecule has 3 atom stereocenters. The smallest absolute Gasteiger partial charge is 0.458 e. The van der Waals surface area contributed by atoms with E-state index in [1.807, 2.05) is 0 Å². The van der Waals surface area contributed by atoms with Crippen LogP contribution in [0.4, 0.5) is 30.7 Å². The quantitative estimate of drug-likeness (QED) is 0.285. The molecule has 5 aliphatic rings. The summed E-state index contributed by atoms with van der Waals surface area (Å²) in [5, 5.41) is -4.70. The highest BCUT2D eigenvalue weighted by Crippen LogP contribution is 2.66. The van der Waals surface area contributed by atoms with Crippen molar-refractivity contribution in [2.75, 3.05) is 19.8 Å². The molecule has 0 aromatic carbocycles. The number of hydrogen-bond acceptors (Lipinski definition) is 8. The van der Waals surface area contributed by atoms with E-state index in [2.05, 4.69) is 9.47 Å². The lowest BCUT2D eigenvalue weighted by Gasteiger charge is -2.61. The number of halogens is 7. The van der Waals surface area contributed by atoms with Gasteiger partial charge in [0, 0.05) is 11.8 Å². The van der Waals surface area contributed by atoms with Crippen molar-refractivity contribution >= 4 is 22.1 Å². The molecule has 1 aliphatic heterocycles. The van der Waals surface area contributed by atoms with Crippen LogP contribution in [0.2, 0.25) is 0 Å². The number of alkyl halides is 7. The summed E-state index contributed by atoms with van der Waals surface area (Å²) < 4.78 is 141. The van der Waals surface area contributed by atoms with Crippen molar-refractivity contribution in [1.29, 1.82) is 0 Å². The van der Waals surface area contributed by atoms with Crippen LogP contribution in [0.25, 0.3) is 0 Å². The summed E-state index contributed by atoms with van der Waals surface area (Å²) in [6.45, 7) is -3.10. The summed E-state index contributed by atoms with van der Waals surface area (Å²) in [6.07, 6.45) is -5.99. The third-order valence-electron chi connectivity index (χ3n) is 7.37. The lowest BCUT2D eigenvalue weighted by atomic mass is 9.47. The SMILES string of the molecule is O=C(OCC(F)(F)S(=O)(=O)O)C12CC3CC(C1)C1(OCC(COC(=O)C(F)(F)C(F)(F)F)O1)C(C3)C2. The van der Waals surface area contributed by atoms with E-state index in [-0.39, 0.29) is 31.8 Å². The minimum absolute atomic E-state index is 0.0366. The second-order valence-electron chi connectivity index (χ2n) is 9.76. The van der Waals surface area contributed by atoms with E-state index in [0.29, 0.717) is 12.8 Å². The number of hydrogen-bond donors (Lipinski definition) is 1. The Morgan fingerprint density at radius 3 is 2.08 bits per heavy atom. The molecule has 0 aromatic heterocycles. The maximum atomic E-state index is 13.5. The lowest BCUT2D eigenvalue weighted by Crippen LogP contribution is -2.63.